The van der Waals surface area contributed by atoms with E-state index in [0.717, 1.165) is 16.3 Å². The van der Waals surface area contributed by atoms with Crippen LogP contribution >= 0.6 is 0 Å². The fourth-order valence-corrected chi connectivity index (χ4v) is 2.87. The van der Waals surface area contributed by atoms with E-state index in [4.69, 9.17) is 0 Å². The summed E-state index contributed by atoms with van der Waals surface area (Å²) < 4.78 is 27.8. The Balaban J connectivity index is 1.92. The molecule has 0 aromatic heterocycles. The van der Waals surface area contributed by atoms with Crippen molar-refractivity contribution >= 4 is 26.5 Å². The maximum atomic E-state index is 12.1. The Labute approximate surface area is 129 Å². The molecule has 3 rings (SSSR count). The van der Waals surface area contributed by atoms with Crippen molar-refractivity contribution in [2.45, 2.75) is 11.8 Å². The molecule has 0 heterocycles. The molecule has 0 aliphatic rings. The molecule has 0 unspecified atom stereocenters. The van der Waals surface area contributed by atoms with Gasteiger partial charge >= 0.3 is 0 Å². The molecule has 3 aromatic carbocycles. The van der Waals surface area contributed by atoms with Crippen LogP contribution in [0.3, 0.4) is 0 Å². The maximum Gasteiger partial charge on any atom is 0.299 e. The van der Waals surface area contributed by atoms with Gasteiger partial charge in [-0.3, -0.25) is 0 Å². The van der Waals surface area contributed by atoms with Gasteiger partial charge in [-0.05, 0) is 42.0 Å². The molecule has 4 nitrogen and oxygen atoms in total. The fraction of sp³-hybridized carbons (Fsp3) is 0.0588. The Hall–Kier alpha value is -2.53. The molecule has 0 amide bonds. The van der Waals surface area contributed by atoms with E-state index in [1.807, 2.05) is 43.3 Å². The van der Waals surface area contributed by atoms with Gasteiger partial charge in [0, 0.05) is 0 Å². The molecule has 0 fully saturated rings. The summed E-state index contributed by atoms with van der Waals surface area (Å²) in [6.45, 7) is 1.90. The van der Waals surface area contributed by atoms with Crippen LogP contribution in [0.25, 0.3) is 10.8 Å². The lowest BCUT2D eigenvalue weighted by molar-refractivity contribution is 0.595. The van der Waals surface area contributed by atoms with Crippen molar-refractivity contribution in [1.29, 1.82) is 0 Å². The van der Waals surface area contributed by atoms with E-state index in [1.165, 1.54) is 12.1 Å². The summed E-state index contributed by atoms with van der Waals surface area (Å²) in [5.74, 6) is 0. The zero-order valence-electron chi connectivity index (χ0n) is 12.0. The number of nitrogens with zero attached hydrogens (tertiary/aromatic N) is 2. The maximum absolute atomic E-state index is 12.1. The molecule has 5 heteroatoms. The number of rotatable bonds is 3. The van der Waals surface area contributed by atoms with Gasteiger partial charge in [0.1, 0.15) is 0 Å². The van der Waals surface area contributed by atoms with Crippen LogP contribution < -0.4 is 0 Å². The summed E-state index contributed by atoms with van der Waals surface area (Å²) >= 11 is 0. The van der Waals surface area contributed by atoms with Crippen LogP contribution in [0, 0.1) is 6.92 Å². The molecule has 0 saturated heterocycles. The standard InChI is InChI=1S/C17H14N2O2S/c1-13-6-10-17(11-7-13)22(20,21)19-18-16-9-8-14-4-2-3-5-15(14)12-16/h2-12H,1H3. The van der Waals surface area contributed by atoms with Crippen molar-refractivity contribution in [1.82, 2.24) is 0 Å². The van der Waals surface area contributed by atoms with E-state index >= 15 is 0 Å². The van der Waals surface area contributed by atoms with Crippen LogP contribution in [0.15, 0.2) is 81.3 Å². The SMILES string of the molecule is Cc1ccc(S(=O)(=O)N=Nc2ccc3ccccc3c2)cc1. The third-order valence-electron chi connectivity index (χ3n) is 3.32. The van der Waals surface area contributed by atoms with E-state index in [-0.39, 0.29) is 4.90 Å². The smallest absolute Gasteiger partial charge is 0.198 e. The largest absolute Gasteiger partial charge is 0.299 e. The molecule has 0 aliphatic carbocycles. The number of aryl methyl sites for hydroxylation is 1. The van der Waals surface area contributed by atoms with Crippen molar-refractivity contribution in [3.63, 3.8) is 0 Å². The lowest BCUT2D eigenvalue weighted by Gasteiger charge is -2.00. The van der Waals surface area contributed by atoms with Crippen molar-refractivity contribution in [2.24, 2.45) is 9.63 Å². The highest BCUT2D eigenvalue weighted by molar-refractivity contribution is 7.90. The molecule has 0 bridgehead atoms. The van der Waals surface area contributed by atoms with Crippen LogP contribution in [0.5, 0.6) is 0 Å². The van der Waals surface area contributed by atoms with Crippen molar-refractivity contribution in [2.75, 3.05) is 0 Å². The Bertz CT molecular complexity index is 946. The summed E-state index contributed by atoms with van der Waals surface area (Å²) in [6.07, 6.45) is 0. The second-order valence-corrected chi connectivity index (χ2v) is 6.59. The molecular weight excluding hydrogens is 296 g/mol. The van der Waals surface area contributed by atoms with Crippen molar-refractivity contribution < 1.29 is 8.42 Å². The van der Waals surface area contributed by atoms with E-state index in [9.17, 15) is 8.42 Å². The van der Waals surface area contributed by atoms with Gasteiger partial charge in [-0.15, -0.1) is 5.11 Å². The summed E-state index contributed by atoms with van der Waals surface area (Å²) in [5.41, 5.74) is 1.50. The molecular formula is C17H14N2O2S. The number of benzene rings is 3. The lowest BCUT2D eigenvalue weighted by Crippen LogP contribution is -1.95. The first-order valence-corrected chi connectivity index (χ1v) is 8.22. The minimum atomic E-state index is -3.77. The van der Waals surface area contributed by atoms with Gasteiger partial charge in [0.05, 0.1) is 10.6 Å². The van der Waals surface area contributed by atoms with Crippen LogP contribution in [-0.2, 0) is 10.0 Å². The highest BCUT2D eigenvalue weighted by Gasteiger charge is 2.12. The highest BCUT2D eigenvalue weighted by Crippen LogP contribution is 2.23. The zero-order valence-corrected chi connectivity index (χ0v) is 12.8. The molecule has 0 aliphatic heterocycles. The predicted octanol–water partition coefficient (Wildman–Crippen LogP) is 4.62. The van der Waals surface area contributed by atoms with E-state index in [0.29, 0.717) is 5.69 Å². The number of sulfonamides is 1. The minimum Gasteiger partial charge on any atom is -0.198 e. The molecule has 22 heavy (non-hydrogen) atoms. The number of hydrogen-bond acceptors (Lipinski definition) is 3. The van der Waals surface area contributed by atoms with Gasteiger partial charge in [-0.25, -0.2) is 0 Å². The van der Waals surface area contributed by atoms with Gasteiger partial charge in [-0.1, -0.05) is 52.5 Å². The first-order valence-electron chi connectivity index (χ1n) is 6.78. The van der Waals surface area contributed by atoms with Crippen LogP contribution in [0.2, 0.25) is 0 Å². The summed E-state index contributed by atoms with van der Waals surface area (Å²) in [4.78, 5) is 0.141. The van der Waals surface area contributed by atoms with Crippen LogP contribution in [0.4, 0.5) is 5.69 Å². The fourth-order valence-electron chi connectivity index (χ4n) is 2.10. The van der Waals surface area contributed by atoms with Crippen molar-refractivity contribution in [3.05, 3.63) is 72.3 Å². The van der Waals surface area contributed by atoms with Crippen LogP contribution in [-0.4, -0.2) is 8.42 Å². The first kappa shape index (κ1) is 14.4. The molecule has 3 aromatic rings. The molecule has 0 radical (unpaired) electrons. The lowest BCUT2D eigenvalue weighted by atomic mass is 10.1. The van der Waals surface area contributed by atoms with Gasteiger partial charge < -0.3 is 0 Å². The second kappa shape index (κ2) is 5.69. The van der Waals surface area contributed by atoms with Crippen molar-refractivity contribution in [3.8, 4) is 0 Å². The Morgan fingerprint density at radius 1 is 0.818 bits per heavy atom. The predicted molar refractivity (Wildman–Crippen MR) is 86.8 cm³/mol. The zero-order chi connectivity index (χ0) is 15.6. The van der Waals surface area contributed by atoms with Gasteiger partial charge in [0.25, 0.3) is 10.0 Å². The third kappa shape index (κ3) is 3.04. The molecule has 110 valence electrons. The topological polar surface area (TPSA) is 58.9 Å². The van der Waals surface area contributed by atoms with E-state index in [2.05, 4.69) is 9.63 Å². The Morgan fingerprint density at radius 2 is 1.50 bits per heavy atom. The molecule has 0 N–H and O–H groups in total. The quantitative estimate of drug-likeness (QED) is 0.663. The third-order valence-corrected chi connectivity index (χ3v) is 4.48. The van der Waals surface area contributed by atoms with Gasteiger partial charge in [0.2, 0.25) is 0 Å². The van der Waals surface area contributed by atoms with Crippen LogP contribution in [0.1, 0.15) is 5.56 Å². The monoisotopic (exact) mass is 310 g/mol. The Morgan fingerprint density at radius 3 is 2.23 bits per heavy atom. The average molecular weight is 310 g/mol. The number of hydrogen-bond donors (Lipinski definition) is 0. The molecule has 0 atom stereocenters. The Kier molecular flexibility index (Phi) is 3.73. The highest BCUT2D eigenvalue weighted by atomic mass is 32.2. The average Bonchev–Trinajstić information content (AvgIpc) is 2.53. The van der Waals surface area contributed by atoms with Gasteiger partial charge in [0.15, 0.2) is 0 Å². The summed E-state index contributed by atoms with van der Waals surface area (Å²) in [5, 5.41) is 5.93. The normalized spacial score (nSPS) is 12.0. The second-order valence-electron chi connectivity index (χ2n) is 5.00. The summed E-state index contributed by atoms with van der Waals surface area (Å²) in [7, 11) is -3.77. The van der Waals surface area contributed by atoms with E-state index in [1.54, 1.807) is 18.2 Å². The van der Waals surface area contributed by atoms with Gasteiger partial charge in [-0.2, -0.15) is 8.42 Å². The van der Waals surface area contributed by atoms with E-state index < -0.39 is 10.0 Å². The number of fused-ring (bicyclic) bond motifs is 1. The molecule has 0 spiro atoms. The minimum absolute atomic E-state index is 0.141. The first-order chi connectivity index (χ1) is 10.5. The molecule has 0 saturated carbocycles. The summed E-state index contributed by atoms with van der Waals surface area (Å²) in [6, 6.07) is 19.8.